The van der Waals surface area contributed by atoms with Gasteiger partial charge in [-0.1, -0.05) is 5.16 Å². The second-order valence-electron chi connectivity index (χ2n) is 3.84. The molecule has 0 aliphatic carbocycles. The lowest BCUT2D eigenvalue weighted by molar-refractivity contribution is 0.318. The number of hydrogen-bond acceptors (Lipinski definition) is 5. The molecule has 1 aromatic heterocycles. The Kier molecular flexibility index (Phi) is 4.39. The van der Waals surface area contributed by atoms with Crippen LogP contribution in [0, 0.1) is 0 Å². The Morgan fingerprint density at radius 1 is 1.25 bits per heavy atom. The molecule has 0 aliphatic heterocycles. The molecule has 0 radical (unpaired) electrons. The Bertz CT molecular complexity index is 597. The van der Waals surface area contributed by atoms with Gasteiger partial charge in [0.2, 0.25) is 0 Å². The zero-order valence-corrected chi connectivity index (χ0v) is 11.0. The van der Waals surface area contributed by atoms with Crippen molar-refractivity contribution in [3.05, 3.63) is 48.3 Å². The van der Waals surface area contributed by atoms with Crippen LogP contribution < -0.4 is 15.2 Å². The first-order valence-electron chi connectivity index (χ1n) is 6.08. The van der Waals surface area contributed by atoms with Gasteiger partial charge in [-0.25, -0.2) is 4.98 Å². The van der Waals surface area contributed by atoms with Gasteiger partial charge in [0.05, 0.1) is 6.61 Å². The summed E-state index contributed by atoms with van der Waals surface area (Å²) in [6.07, 6.45) is 1.54. The average molecular weight is 273 g/mol. The van der Waals surface area contributed by atoms with Crippen molar-refractivity contribution in [2.24, 2.45) is 10.9 Å². The molecule has 0 aliphatic rings. The van der Waals surface area contributed by atoms with Gasteiger partial charge in [-0.15, -0.1) is 0 Å². The molecule has 3 N–H and O–H groups in total. The minimum Gasteiger partial charge on any atom is -0.494 e. The van der Waals surface area contributed by atoms with Crippen LogP contribution in [-0.2, 0) is 0 Å². The van der Waals surface area contributed by atoms with Crippen molar-refractivity contribution >= 4 is 5.84 Å². The maximum atomic E-state index is 8.73. The summed E-state index contributed by atoms with van der Waals surface area (Å²) in [6, 6.07) is 10.5. The van der Waals surface area contributed by atoms with E-state index in [4.69, 9.17) is 20.4 Å². The zero-order valence-electron chi connectivity index (χ0n) is 11.0. The maximum absolute atomic E-state index is 8.73. The van der Waals surface area contributed by atoms with Crippen molar-refractivity contribution < 1.29 is 14.7 Å². The minimum absolute atomic E-state index is 0.105. The third-order valence-electron chi connectivity index (χ3n) is 2.48. The molecule has 0 atom stereocenters. The number of pyridine rings is 1. The lowest BCUT2D eigenvalue weighted by Gasteiger charge is -2.10. The highest BCUT2D eigenvalue weighted by Crippen LogP contribution is 2.25. The summed E-state index contributed by atoms with van der Waals surface area (Å²) in [7, 11) is 0. The Balaban J connectivity index is 2.21. The van der Waals surface area contributed by atoms with Gasteiger partial charge >= 0.3 is 0 Å². The Labute approximate surface area is 116 Å². The monoisotopic (exact) mass is 273 g/mol. The maximum Gasteiger partial charge on any atom is 0.192 e. The van der Waals surface area contributed by atoms with Crippen LogP contribution >= 0.6 is 0 Å². The van der Waals surface area contributed by atoms with Gasteiger partial charge < -0.3 is 20.4 Å². The van der Waals surface area contributed by atoms with E-state index in [0.717, 1.165) is 5.75 Å². The first kappa shape index (κ1) is 13.7. The smallest absolute Gasteiger partial charge is 0.192 e. The summed E-state index contributed by atoms with van der Waals surface area (Å²) in [5.74, 6) is 1.68. The van der Waals surface area contributed by atoms with Crippen molar-refractivity contribution in [3.63, 3.8) is 0 Å². The highest BCUT2D eigenvalue weighted by molar-refractivity contribution is 5.97. The molecule has 0 saturated carbocycles. The van der Waals surface area contributed by atoms with Gasteiger partial charge in [0.1, 0.15) is 11.5 Å². The molecule has 1 heterocycles. The fourth-order valence-electron chi connectivity index (χ4n) is 1.61. The molecule has 0 fully saturated rings. The number of nitrogens with two attached hydrogens (primary N) is 1. The van der Waals surface area contributed by atoms with Crippen molar-refractivity contribution in [2.75, 3.05) is 6.61 Å². The van der Waals surface area contributed by atoms with Crippen LogP contribution in [0.3, 0.4) is 0 Å². The molecule has 1 aromatic carbocycles. The molecule has 20 heavy (non-hydrogen) atoms. The first-order valence-corrected chi connectivity index (χ1v) is 6.08. The van der Waals surface area contributed by atoms with Crippen LogP contribution in [0.15, 0.2) is 47.8 Å². The summed E-state index contributed by atoms with van der Waals surface area (Å²) >= 11 is 0. The van der Waals surface area contributed by atoms with Gasteiger partial charge in [-0.3, -0.25) is 0 Å². The summed E-state index contributed by atoms with van der Waals surface area (Å²) in [5.41, 5.74) is 5.83. The predicted octanol–water partition coefficient (Wildman–Crippen LogP) is 2.37. The zero-order chi connectivity index (χ0) is 14.4. The molecular weight excluding hydrogens is 258 g/mol. The third-order valence-corrected chi connectivity index (χ3v) is 2.48. The van der Waals surface area contributed by atoms with Crippen LogP contribution in [0.2, 0.25) is 0 Å². The normalized spacial score (nSPS) is 11.2. The summed E-state index contributed by atoms with van der Waals surface area (Å²) < 4.78 is 11.0. The summed E-state index contributed by atoms with van der Waals surface area (Å²) in [6.45, 7) is 2.53. The van der Waals surface area contributed by atoms with Crippen LogP contribution in [-0.4, -0.2) is 22.6 Å². The molecular formula is C14H15N3O3. The summed E-state index contributed by atoms with van der Waals surface area (Å²) in [5, 5.41) is 11.7. The molecule has 6 nitrogen and oxygen atoms in total. The number of ether oxygens (including phenoxy) is 2. The number of rotatable bonds is 5. The lowest BCUT2D eigenvalue weighted by atomic mass is 10.3. The number of oxime groups is 1. The van der Waals surface area contributed by atoms with Gasteiger partial charge in [-0.2, -0.15) is 0 Å². The molecule has 0 unspecified atom stereocenters. The van der Waals surface area contributed by atoms with E-state index >= 15 is 0 Å². The summed E-state index contributed by atoms with van der Waals surface area (Å²) in [4.78, 5) is 4.03. The molecule has 0 spiro atoms. The van der Waals surface area contributed by atoms with E-state index in [0.29, 0.717) is 18.1 Å². The number of hydrogen-bond donors (Lipinski definition) is 2. The number of amidine groups is 1. The van der Waals surface area contributed by atoms with E-state index in [-0.39, 0.29) is 11.5 Å². The quantitative estimate of drug-likeness (QED) is 0.378. The molecule has 0 saturated heterocycles. The fraction of sp³-hybridized carbons (Fsp3) is 0.143. The standard InChI is InChI=1S/C14H15N3O3/c1-2-19-10-5-7-11(8-6-10)20-12-4-3-9-16-13(12)14(15)17-18/h3-9,18H,2H2,1H3,(H2,15,17). The minimum atomic E-state index is -0.105. The second kappa shape index (κ2) is 6.42. The van der Waals surface area contributed by atoms with Gasteiger partial charge in [-0.05, 0) is 43.3 Å². The van der Waals surface area contributed by atoms with Crippen molar-refractivity contribution in [1.82, 2.24) is 4.98 Å². The van der Waals surface area contributed by atoms with Gasteiger partial charge in [0, 0.05) is 6.20 Å². The van der Waals surface area contributed by atoms with E-state index < -0.39 is 0 Å². The molecule has 0 bridgehead atoms. The SMILES string of the molecule is CCOc1ccc(Oc2cccnc2/C(N)=N/O)cc1. The Morgan fingerprint density at radius 2 is 1.95 bits per heavy atom. The van der Waals surface area contributed by atoms with Crippen LogP contribution in [0.1, 0.15) is 12.6 Å². The van der Waals surface area contributed by atoms with E-state index in [1.807, 2.05) is 6.92 Å². The predicted molar refractivity (Wildman–Crippen MR) is 74.4 cm³/mol. The Morgan fingerprint density at radius 3 is 2.60 bits per heavy atom. The molecule has 2 aromatic rings. The van der Waals surface area contributed by atoms with Crippen LogP contribution in [0.5, 0.6) is 17.2 Å². The van der Waals surface area contributed by atoms with Crippen molar-refractivity contribution in [2.45, 2.75) is 6.92 Å². The molecule has 0 amide bonds. The van der Waals surface area contributed by atoms with E-state index in [2.05, 4.69) is 10.1 Å². The first-order chi connectivity index (χ1) is 9.74. The third kappa shape index (κ3) is 3.17. The molecule has 104 valence electrons. The van der Waals surface area contributed by atoms with Gasteiger partial charge in [0.25, 0.3) is 0 Å². The number of nitrogens with zero attached hydrogens (tertiary/aromatic N) is 2. The molecule has 6 heteroatoms. The topological polar surface area (TPSA) is 90.0 Å². The van der Waals surface area contributed by atoms with Crippen molar-refractivity contribution in [3.8, 4) is 17.2 Å². The molecule has 2 rings (SSSR count). The van der Waals surface area contributed by atoms with Crippen molar-refractivity contribution in [1.29, 1.82) is 0 Å². The number of benzene rings is 1. The van der Waals surface area contributed by atoms with E-state index in [1.165, 1.54) is 0 Å². The number of aromatic nitrogens is 1. The highest BCUT2D eigenvalue weighted by atomic mass is 16.5. The van der Waals surface area contributed by atoms with Gasteiger partial charge in [0.15, 0.2) is 17.3 Å². The fourth-order valence-corrected chi connectivity index (χ4v) is 1.61. The van der Waals surface area contributed by atoms with Crippen LogP contribution in [0.4, 0.5) is 0 Å². The highest BCUT2D eigenvalue weighted by Gasteiger charge is 2.10. The van der Waals surface area contributed by atoms with E-state index in [1.54, 1.807) is 42.6 Å². The van der Waals surface area contributed by atoms with Crippen LogP contribution in [0.25, 0.3) is 0 Å². The van der Waals surface area contributed by atoms with E-state index in [9.17, 15) is 0 Å². The average Bonchev–Trinajstić information content (AvgIpc) is 2.49. The lowest BCUT2D eigenvalue weighted by Crippen LogP contribution is -2.15. The largest absolute Gasteiger partial charge is 0.494 e. The Hall–Kier alpha value is -2.76. The second-order valence-corrected chi connectivity index (χ2v) is 3.84.